The van der Waals surface area contributed by atoms with Crippen LogP contribution in [0.15, 0.2) is 34.7 Å². The van der Waals surface area contributed by atoms with Crippen molar-refractivity contribution in [2.45, 2.75) is 18.9 Å². The van der Waals surface area contributed by atoms with Crippen LogP contribution in [0, 0.1) is 5.92 Å². The summed E-state index contributed by atoms with van der Waals surface area (Å²) in [6, 6.07) is 8.87. The van der Waals surface area contributed by atoms with Crippen LogP contribution < -0.4 is 5.32 Å². The summed E-state index contributed by atoms with van der Waals surface area (Å²) in [5, 5.41) is 4.19. The van der Waals surface area contributed by atoms with E-state index in [1.807, 2.05) is 0 Å². The van der Waals surface area contributed by atoms with Gasteiger partial charge in [-0.1, -0.05) is 23.2 Å². The molecule has 3 saturated heterocycles. The molecule has 0 aliphatic carbocycles. The summed E-state index contributed by atoms with van der Waals surface area (Å²) < 4.78 is 5.72. The summed E-state index contributed by atoms with van der Waals surface area (Å²) in [7, 11) is 0. The standard InChI is InChI=1S/C18H18Cl2N2O2/c19-12-1-2-13(14(20)9-12)16-3-4-17(24-16)18(23)21-15-10-22-7-5-11(15)6-8-22/h1-4,9,11,15H,5-8,10H2,(H,21,23)/t15-/m0/s1. The van der Waals surface area contributed by atoms with Crippen molar-refractivity contribution in [1.82, 2.24) is 10.2 Å². The highest BCUT2D eigenvalue weighted by molar-refractivity contribution is 6.36. The molecule has 1 amide bonds. The predicted octanol–water partition coefficient (Wildman–Crippen LogP) is 4.08. The van der Waals surface area contributed by atoms with Crippen molar-refractivity contribution in [3.05, 3.63) is 46.1 Å². The molecule has 3 fully saturated rings. The Morgan fingerprint density at radius 2 is 1.96 bits per heavy atom. The molecule has 4 nitrogen and oxygen atoms in total. The summed E-state index contributed by atoms with van der Waals surface area (Å²) in [5.74, 6) is 1.30. The highest BCUT2D eigenvalue weighted by Gasteiger charge is 2.35. The van der Waals surface area contributed by atoms with Gasteiger partial charge in [0.25, 0.3) is 5.91 Å². The van der Waals surface area contributed by atoms with E-state index in [-0.39, 0.29) is 11.9 Å². The fourth-order valence-electron chi connectivity index (χ4n) is 3.66. The second-order valence-corrected chi connectivity index (χ2v) is 7.35. The first-order valence-corrected chi connectivity index (χ1v) is 8.94. The number of rotatable bonds is 3. The number of amides is 1. The number of benzene rings is 1. The molecule has 6 heteroatoms. The lowest BCUT2D eigenvalue weighted by Crippen LogP contribution is -2.57. The van der Waals surface area contributed by atoms with Crippen LogP contribution in [-0.2, 0) is 0 Å². The van der Waals surface area contributed by atoms with E-state index in [1.54, 1.807) is 30.3 Å². The van der Waals surface area contributed by atoms with Crippen molar-refractivity contribution in [1.29, 1.82) is 0 Å². The summed E-state index contributed by atoms with van der Waals surface area (Å²) in [5.41, 5.74) is 0.725. The maximum atomic E-state index is 12.5. The molecule has 1 N–H and O–H groups in total. The zero-order valence-corrected chi connectivity index (χ0v) is 14.6. The van der Waals surface area contributed by atoms with E-state index < -0.39 is 0 Å². The largest absolute Gasteiger partial charge is 0.451 e. The first kappa shape index (κ1) is 16.0. The molecule has 2 bridgehead atoms. The molecule has 4 heterocycles. The first-order valence-electron chi connectivity index (χ1n) is 8.18. The van der Waals surface area contributed by atoms with Gasteiger partial charge in [-0.2, -0.15) is 0 Å². The van der Waals surface area contributed by atoms with Crippen LogP contribution >= 0.6 is 23.2 Å². The third-order valence-electron chi connectivity index (χ3n) is 5.00. The monoisotopic (exact) mass is 364 g/mol. The molecule has 0 radical (unpaired) electrons. The van der Waals surface area contributed by atoms with Crippen LogP contribution in [0.3, 0.4) is 0 Å². The van der Waals surface area contributed by atoms with Gasteiger partial charge in [-0.25, -0.2) is 0 Å². The number of carbonyl (C=O) groups excluding carboxylic acids is 1. The minimum absolute atomic E-state index is 0.162. The van der Waals surface area contributed by atoms with Gasteiger partial charge < -0.3 is 14.6 Å². The van der Waals surface area contributed by atoms with Gasteiger partial charge in [0.05, 0.1) is 5.02 Å². The van der Waals surface area contributed by atoms with Gasteiger partial charge in [-0.15, -0.1) is 0 Å². The molecule has 0 spiro atoms. The number of piperidine rings is 3. The average Bonchev–Trinajstić information content (AvgIpc) is 3.06. The van der Waals surface area contributed by atoms with E-state index in [2.05, 4.69) is 10.2 Å². The van der Waals surface area contributed by atoms with Crippen molar-refractivity contribution < 1.29 is 9.21 Å². The van der Waals surface area contributed by atoms with Crippen molar-refractivity contribution >= 4 is 29.1 Å². The van der Waals surface area contributed by atoms with E-state index in [0.717, 1.165) is 38.0 Å². The Bertz CT molecular complexity index is 766. The second kappa shape index (κ2) is 6.43. The summed E-state index contributed by atoms with van der Waals surface area (Å²) in [4.78, 5) is 14.9. The molecular formula is C18H18Cl2N2O2. The second-order valence-electron chi connectivity index (χ2n) is 6.51. The Kier molecular flexibility index (Phi) is 4.29. The van der Waals surface area contributed by atoms with Crippen LogP contribution in [0.5, 0.6) is 0 Å². The Morgan fingerprint density at radius 1 is 1.17 bits per heavy atom. The maximum Gasteiger partial charge on any atom is 0.287 e. The van der Waals surface area contributed by atoms with Gasteiger partial charge in [-0.05, 0) is 62.2 Å². The highest BCUT2D eigenvalue weighted by Crippen LogP contribution is 2.32. The van der Waals surface area contributed by atoms with E-state index in [4.69, 9.17) is 27.6 Å². The minimum Gasteiger partial charge on any atom is -0.451 e. The van der Waals surface area contributed by atoms with Gasteiger partial charge >= 0.3 is 0 Å². The van der Waals surface area contributed by atoms with Crippen LogP contribution in [0.25, 0.3) is 11.3 Å². The molecule has 1 aromatic carbocycles. The Balaban J connectivity index is 1.49. The third kappa shape index (κ3) is 3.06. The van der Waals surface area contributed by atoms with Crippen molar-refractivity contribution in [3.8, 4) is 11.3 Å². The van der Waals surface area contributed by atoms with Gasteiger partial charge in [0.1, 0.15) is 5.76 Å². The van der Waals surface area contributed by atoms with E-state index >= 15 is 0 Å². The maximum absolute atomic E-state index is 12.5. The zero-order valence-electron chi connectivity index (χ0n) is 13.1. The SMILES string of the molecule is O=C(N[C@H]1CN2CCC1CC2)c1ccc(-c2ccc(Cl)cc2Cl)o1. The van der Waals surface area contributed by atoms with Gasteiger partial charge in [0.15, 0.2) is 5.76 Å². The fourth-order valence-corrected chi connectivity index (χ4v) is 4.16. The van der Waals surface area contributed by atoms with Crippen molar-refractivity contribution in [2.75, 3.05) is 19.6 Å². The number of hydrogen-bond acceptors (Lipinski definition) is 3. The normalized spacial score (nSPS) is 25.7. The summed E-state index contributed by atoms with van der Waals surface area (Å²) >= 11 is 12.1. The Morgan fingerprint density at radius 3 is 2.62 bits per heavy atom. The zero-order chi connectivity index (χ0) is 16.7. The molecule has 3 aliphatic rings. The van der Waals surface area contributed by atoms with E-state index in [1.165, 1.54) is 0 Å². The average molecular weight is 365 g/mol. The highest BCUT2D eigenvalue weighted by atomic mass is 35.5. The Labute approximate surface area is 150 Å². The summed E-state index contributed by atoms with van der Waals surface area (Å²) in [6.45, 7) is 3.24. The molecule has 3 aliphatic heterocycles. The van der Waals surface area contributed by atoms with Gasteiger partial charge in [0.2, 0.25) is 0 Å². The predicted molar refractivity (Wildman–Crippen MR) is 94.6 cm³/mol. The number of halogens is 2. The summed E-state index contributed by atoms with van der Waals surface area (Å²) in [6.07, 6.45) is 2.32. The molecule has 2 aromatic rings. The molecule has 5 rings (SSSR count). The fraction of sp³-hybridized carbons (Fsp3) is 0.389. The number of hydrogen-bond donors (Lipinski definition) is 1. The topological polar surface area (TPSA) is 45.5 Å². The van der Waals surface area contributed by atoms with Crippen molar-refractivity contribution in [2.24, 2.45) is 5.92 Å². The van der Waals surface area contributed by atoms with E-state index in [0.29, 0.717) is 27.5 Å². The molecule has 0 saturated carbocycles. The van der Waals surface area contributed by atoms with Crippen LogP contribution in [-0.4, -0.2) is 36.5 Å². The number of fused-ring (bicyclic) bond motifs is 3. The van der Waals surface area contributed by atoms with Gasteiger partial charge in [-0.3, -0.25) is 4.79 Å². The van der Waals surface area contributed by atoms with Crippen LogP contribution in [0.2, 0.25) is 10.0 Å². The van der Waals surface area contributed by atoms with E-state index in [9.17, 15) is 4.79 Å². The smallest absolute Gasteiger partial charge is 0.287 e. The quantitative estimate of drug-likeness (QED) is 0.892. The third-order valence-corrected chi connectivity index (χ3v) is 5.55. The number of nitrogens with one attached hydrogen (secondary N) is 1. The molecule has 24 heavy (non-hydrogen) atoms. The Hall–Kier alpha value is -1.49. The molecular weight excluding hydrogens is 347 g/mol. The molecule has 126 valence electrons. The van der Waals surface area contributed by atoms with Crippen LogP contribution in [0.1, 0.15) is 23.4 Å². The van der Waals surface area contributed by atoms with Gasteiger partial charge in [0, 0.05) is 23.2 Å². The van der Waals surface area contributed by atoms with Crippen molar-refractivity contribution in [3.63, 3.8) is 0 Å². The molecule has 1 atom stereocenters. The lowest BCUT2D eigenvalue weighted by molar-refractivity contribution is 0.0606. The number of furan rings is 1. The lowest BCUT2D eigenvalue weighted by atomic mass is 9.84. The minimum atomic E-state index is -0.162. The first-order chi connectivity index (χ1) is 11.6. The lowest BCUT2D eigenvalue weighted by Gasteiger charge is -2.44. The van der Waals surface area contributed by atoms with Crippen LogP contribution in [0.4, 0.5) is 0 Å². The molecule has 1 aromatic heterocycles. The number of nitrogens with zero attached hydrogens (tertiary/aromatic N) is 1. The number of carbonyl (C=O) groups is 1. The molecule has 0 unspecified atom stereocenters.